The third-order valence-corrected chi connectivity index (χ3v) is 2.77. The second-order valence-corrected chi connectivity index (χ2v) is 3.96. The van der Waals surface area contributed by atoms with Crippen LogP contribution in [-0.2, 0) is 6.98 Å². The molecule has 0 aliphatic heterocycles. The molecule has 0 fully saturated rings. The molecule has 0 aliphatic rings. The molecule has 90 valence electrons. The molecule has 0 unspecified atom stereocenters. The summed E-state index contributed by atoms with van der Waals surface area (Å²) in [7, 11) is 0. The van der Waals surface area contributed by atoms with Crippen LogP contribution in [0.4, 0.5) is 0 Å². The maximum absolute atomic E-state index is 12.5. The van der Waals surface area contributed by atoms with E-state index in [1.165, 1.54) is 16.8 Å². The van der Waals surface area contributed by atoms with Gasteiger partial charge in [0, 0.05) is 23.4 Å². The average molecular weight is 264 g/mol. The summed E-state index contributed by atoms with van der Waals surface area (Å²) >= 11 is 5.74. The third-order valence-electron chi connectivity index (χ3n) is 2.59. The Morgan fingerprint density at radius 3 is 2.78 bits per heavy atom. The highest BCUT2D eigenvalue weighted by atomic mass is 35.5. The first-order valence-corrected chi connectivity index (χ1v) is 5.49. The van der Waals surface area contributed by atoms with E-state index in [2.05, 4.69) is 9.97 Å². The van der Waals surface area contributed by atoms with Crippen molar-refractivity contribution in [2.45, 2.75) is 0 Å². The predicted molar refractivity (Wildman–Crippen MR) is 69.1 cm³/mol. The third kappa shape index (κ3) is 1.52. The lowest BCUT2D eigenvalue weighted by Gasteiger charge is -2.01. The first-order valence-electron chi connectivity index (χ1n) is 6.61. The van der Waals surface area contributed by atoms with E-state index in [9.17, 15) is 4.79 Å². The SMILES string of the molecule is [2H]C([2H])([2H])n1c(=O)n(-c2ccnc(Cl)n2)c2ccccc21. The summed E-state index contributed by atoms with van der Waals surface area (Å²) in [5, 5.41) is -0.0230. The van der Waals surface area contributed by atoms with Gasteiger partial charge in [-0.3, -0.25) is 4.57 Å². The van der Waals surface area contributed by atoms with Gasteiger partial charge in [-0.2, -0.15) is 4.98 Å². The molecule has 0 saturated heterocycles. The van der Waals surface area contributed by atoms with Gasteiger partial charge in [0.05, 0.1) is 11.0 Å². The Morgan fingerprint density at radius 2 is 2.06 bits per heavy atom. The lowest BCUT2D eigenvalue weighted by atomic mass is 10.3. The number of aromatic nitrogens is 4. The molecule has 0 saturated carbocycles. The van der Waals surface area contributed by atoms with E-state index in [-0.39, 0.29) is 11.1 Å². The second-order valence-electron chi connectivity index (χ2n) is 3.63. The quantitative estimate of drug-likeness (QED) is 0.629. The fraction of sp³-hybridized carbons (Fsp3) is 0.0833. The lowest BCUT2D eigenvalue weighted by Crippen LogP contribution is -2.21. The van der Waals surface area contributed by atoms with Crippen LogP contribution < -0.4 is 5.69 Å². The van der Waals surface area contributed by atoms with Crippen molar-refractivity contribution in [3.8, 4) is 5.82 Å². The van der Waals surface area contributed by atoms with Crippen molar-refractivity contribution < 1.29 is 4.11 Å². The molecule has 0 aliphatic carbocycles. The predicted octanol–water partition coefficient (Wildman–Crippen LogP) is 1.77. The van der Waals surface area contributed by atoms with E-state index in [4.69, 9.17) is 15.7 Å². The van der Waals surface area contributed by atoms with Crippen LogP contribution in [0.1, 0.15) is 4.11 Å². The molecule has 0 spiro atoms. The normalized spacial score (nSPS) is 14.2. The molecule has 2 aromatic heterocycles. The largest absolute Gasteiger partial charge is 0.334 e. The van der Waals surface area contributed by atoms with Crippen LogP contribution in [0.2, 0.25) is 5.28 Å². The van der Waals surface area contributed by atoms with Gasteiger partial charge in [-0.25, -0.2) is 14.3 Å². The Balaban J connectivity index is 2.45. The van der Waals surface area contributed by atoms with E-state index >= 15 is 0 Å². The van der Waals surface area contributed by atoms with Crippen molar-refractivity contribution in [2.75, 3.05) is 0 Å². The molecular formula is C12H9ClN4O. The van der Waals surface area contributed by atoms with Gasteiger partial charge in [0.15, 0.2) is 0 Å². The summed E-state index contributed by atoms with van der Waals surface area (Å²) in [6.07, 6.45) is 1.40. The Bertz CT molecular complexity index is 884. The molecule has 5 nitrogen and oxygen atoms in total. The fourth-order valence-corrected chi connectivity index (χ4v) is 1.96. The molecule has 0 N–H and O–H groups in total. The molecule has 6 heteroatoms. The molecule has 0 amide bonds. The number of para-hydroxylation sites is 2. The maximum Gasteiger partial charge on any atom is 0.334 e. The molecule has 1 aromatic carbocycles. The van der Waals surface area contributed by atoms with E-state index in [1.807, 2.05) is 0 Å². The van der Waals surface area contributed by atoms with Crippen LogP contribution in [0, 0.1) is 0 Å². The van der Waals surface area contributed by atoms with Gasteiger partial charge in [-0.15, -0.1) is 0 Å². The van der Waals surface area contributed by atoms with Gasteiger partial charge in [0.1, 0.15) is 5.82 Å². The van der Waals surface area contributed by atoms with Crippen LogP contribution in [0.15, 0.2) is 41.3 Å². The number of nitrogens with zero attached hydrogens (tertiary/aromatic N) is 4. The minimum atomic E-state index is -2.58. The first kappa shape index (κ1) is 8.05. The Morgan fingerprint density at radius 1 is 1.28 bits per heavy atom. The number of benzene rings is 1. The average Bonchev–Trinajstić information content (AvgIpc) is 2.70. The summed E-state index contributed by atoms with van der Waals surface area (Å²) in [4.78, 5) is 20.2. The summed E-state index contributed by atoms with van der Waals surface area (Å²) in [6.45, 7) is -2.58. The summed E-state index contributed by atoms with van der Waals surface area (Å²) in [6, 6.07) is 8.09. The molecule has 18 heavy (non-hydrogen) atoms. The maximum atomic E-state index is 12.5. The Kier molecular flexibility index (Phi) is 1.77. The number of aryl methyl sites for hydroxylation is 1. The summed E-state index contributed by atoms with van der Waals surface area (Å²) < 4.78 is 24.6. The fourth-order valence-electron chi connectivity index (χ4n) is 1.82. The molecular weight excluding hydrogens is 252 g/mol. The van der Waals surface area contributed by atoms with Crippen molar-refractivity contribution >= 4 is 22.6 Å². The van der Waals surface area contributed by atoms with Crippen molar-refractivity contribution in [3.05, 3.63) is 52.3 Å². The molecule has 3 aromatic rings. The number of fused-ring (bicyclic) bond motifs is 1. The smallest absolute Gasteiger partial charge is 0.295 e. The summed E-state index contributed by atoms with van der Waals surface area (Å²) in [5.74, 6) is 0.221. The van der Waals surface area contributed by atoms with Crippen molar-refractivity contribution in [1.29, 1.82) is 0 Å². The highest BCUT2D eigenvalue weighted by Gasteiger charge is 2.12. The van der Waals surface area contributed by atoms with Crippen LogP contribution >= 0.6 is 11.6 Å². The first-order chi connectivity index (χ1) is 9.89. The van der Waals surface area contributed by atoms with Gasteiger partial charge >= 0.3 is 5.69 Å². The lowest BCUT2D eigenvalue weighted by molar-refractivity contribution is 0.831. The van der Waals surface area contributed by atoms with Crippen molar-refractivity contribution in [3.63, 3.8) is 0 Å². The minimum Gasteiger partial charge on any atom is -0.295 e. The molecule has 3 rings (SSSR count). The topological polar surface area (TPSA) is 52.7 Å². The van der Waals surface area contributed by atoms with E-state index in [0.717, 1.165) is 4.57 Å². The highest BCUT2D eigenvalue weighted by molar-refractivity contribution is 6.28. The van der Waals surface area contributed by atoms with Crippen molar-refractivity contribution in [1.82, 2.24) is 19.1 Å². The van der Waals surface area contributed by atoms with Gasteiger partial charge in [-0.1, -0.05) is 12.1 Å². The van der Waals surface area contributed by atoms with Crippen LogP contribution in [0.3, 0.4) is 0 Å². The number of halogens is 1. The number of hydrogen-bond acceptors (Lipinski definition) is 3. The molecule has 0 atom stereocenters. The molecule has 0 radical (unpaired) electrons. The number of rotatable bonds is 1. The molecule has 2 heterocycles. The number of hydrogen-bond donors (Lipinski definition) is 0. The van der Waals surface area contributed by atoms with E-state index < -0.39 is 12.7 Å². The van der Waals surface area contributed by atoms with Gasteiger partial charge < -0.3 is 0 Å². The van der Waals surface area contributed by atoms with Crippen molar-refractivity contribution in [2.24, 2.45) is 6.98 Å². The Hall–Kier alpha value is -2.14. The zero-order valence-corrected chi connectivity index (χ0v) is 9.80. The molecule has 0 bridgehead atoms. The second kappa shape index (κ2) is 3.96. The van der Waals surface area contributed by atoms with E-state index in [0.29, 0.717) is 11.0 Å². The standard InChI is InChI=1S/C12H9ClN4O/c1-16-8-4-2-3-5-9(8)17(12(16)18)10-6-7-14-11(13)15-10/h2-7H,1H3/i1D3. The summed E-state index contributed by atoms with van der Waals surface area (Å²) in [5.41, 5.74) is 0.0385. The number of imidazole rings is 1. The van der Waals surface area contributed by atoms with Gasteiger partial charge in [-0.05, 0) is 23.7 Å². The van der Waals surface area contributed by atoms with Crippen LogP contribution in [0.5, 0.6) is 0 Å². The monoisotopic (exact) mass is 263 g/mol. The van der Waals surface area contributed by atoms with E-state index in [1.54, 1.807) is 24.3 Å². The zero-order chi connectivity index (χ0) is 15.2. The van der Waals surface area contributed by atoms with Gasteiger partial charge in [0.2, 0.25) is 5.28 Å². The zero-order valence-electron chi connectivity index (χ0n) is 12.0. The Labute approximate surface area is 112 Å². The highest BCUT2D eigenvalue weighted by Crippen LogP contribution is 2.15. The van der Waals surface area contributed by atoms with Gasteiger partial charge in [0.25, 0.3) is 0 Å². The van der Waals surface area contributed by atoms with Crippen LogP contribution in [-0.4, -0.2) is 19.1 Å². The van der Waals surface area contributed by atoms with Crippen LogP contribution in [0.25, 0.3) is 16.9 Å². The minimum absolute atomic E-state index is 0.0230.